The Morgan fingerprint density at radius 1 is 1.35 bits per heavy atom. The molecule has 0 radical (unpaired) electrons. The SMILES string of the molecule is CC(C)c1nn(C)c(C(C)C(C)Cl)c1[N+](=O)[O-]. The second-order valence-corrected chi connectivity index (χ2v) is 5.31. The summed E-state index contributed by atoms with van der Waals surface area (Å²) in [5.41, 5.74) is 1.24. The molecular formula is C11H18ClN3O2. The zero-order valence-electron chi connectivity index (χ0n) is 10.8. The Hall–Kier alpha value is -1.10. The van der Waals surface area contributed by atoms with Crippen molar-refractivity contribution in [1.29, 1.82) is 0 Å². The quantitative estimate of drug-likeness (QED) is 0.474. The molecule has 0 saturated carbocycles. The molecule has 0 fully saturated rings. The van der Waals surface area contributed by atoms with E-state index >= 15 is 0 Å². The lowest BCUT2D eigenvalue weighted by Crippen LogP contribution is -2.12. The van der Waals surface area contributed by atoms with E-state index in [0.29, 0.717) is 11.4 Å². The van der Waals surface area contributed by atoms with Gasteiger partial charge in [0.1, 0.15) is 11.4 Å². The van der Waals surface area contributed by atoms with Crippen LogP contribution < -0.4 is 0 Å². The summed E-state index contributed by atoms with van der Waals surface area (Å²) in [6.45, 7) is 7.51. The van der Waals surface area contributed by atoms with Crippen LogP contribution in [0.3, 0.4) is 0 Å². The molecule has 0 saturated heterocycles. The molecule has 0 amide bonds. The minimum atomic E-state index is -0.354. The highest BCUT2D eigenvalue weighted by atomic mass is 35.5. The van der Waals surface area contributed by atoms with Crippen LogP contribution in [0.4, 0.5) is 5.69 Å². The van der Waals surface area contributed by atoms with Crippen molar-refractivity contribution in [1.82, 2.24) is 9.78 Å². The van der Waals surface area contributed by atoms with E-state index < -0.39 is 0 Å². The lowest BCUT2D eigenvalue weighted by Gasteiger charge is -2.13. The van der Waals surface area contributed by atoms with Crippen LogP contribution in [0.15, 0.2) is 0 Å². The number of aromatic nitrogens is 2. The lowest BCUT2D eigenvalue weighted by atomic mass is 10.00. The van der Waals surface area contributed by atoms with Gasteiger partial charge in [0.05, 0.1) is 4.92 Å². The van der Waals surface area contributed by atoms with Gasteiger partial charge in [0.2, 0.25) is 0 Å². The van der Waals surface area contributed by atoms with Crippen molar-refractivity contribution in [2.75, 3.05) is 0 Å². The fraction of sp³-hybridized carbons (Fsp3) is 0.727. The van der Waals surface area contributed by atoms with Crippen LogP contribution >= 0.6 is 11.6 Å². The number of halogens is 1. The number of rotatable bonds is 4. The molecule has 17 heavy (non-hydrogen) atoms. The van der Waals surface area contributed by atoms with E-state index in [0.717, 1.165) is 0 Å². The fourth-order valence-electron chi connectivity index (χ4n) is 1.85. The van der Waals surface area contributed by atoms with Gasteiger partial charge in [-0.2, -0.15) is 5.10 Å². The molecule has 0 aromatic carbocycles. The van der Waals surface area contributed by atoms with Crippen LogP contribution in [0.25, 0.3) is 0 Å². The largest absolute Gasteiger partial charge is 0.313 e. The van der Waals surface area contributed by atoms with Crippen LogP contribution in [-0.2, 0) is 7.05 Å². The Balaban J connectivity index is 3.43. The molecule has 0 aliphatic heterocycles. The minimum Gasteiger partial charge on any atom is -0.265 e. The van der Waals surface area contributed by atoms with Gasteiger partial charge in [0.25, 0.3) is 0 Å². The Kier molecular flexibility index (Phi) is 4.14. The van der Waals surface area contributed by atoms with Gasteiger partial charge in [0, 0.05) is 24.3 Å². The second-order valence-electron chi connectivity index (χ2n) is 4.62. The Labute approximate surface area is 106 Å². The van der Waals surface area contributed by atoms with Crippen LogP contribution in [-0.4, -0.2) is 20.1 Å². The third kappa shape index (κ3) is 2.60. The predicted octanol–water partition coefficient (Wildman–Crippen LogP) is 3.18. The number of nitrogens with zero attached hydrogens (tertiary/aromatic N) is 3. The summed E-state index contributed by atoms with van der Waals surface area (Å²) in [5.74, 6) is -0.0877. The Morgan fingerprint density at radius 2 is 1.88 bits per heavy atom. The number of nitro groups is 1. The number of aryl methyl sites for hydroxylation is 1. The third-order valence-corrected chi connectivity index (χ3v) is 3.32. The Bertz CT molecular complexity index is 427. The van der Waals surface area contributed by atoms with Gasteiger partial charge in [0.15, 0.2) is 0 Å². The summed E-state index contributed by atoms with van der Waals surface area (Å²) in [6.07, 6.45) is 0. The number of hydrogen-bond donors (Lipinski definition) is 0. The maximum Gasteiger partial charge on any atom is 0.313 e. The molecule has 5 nitrogen and oxygen atoms in total. The highest BCUT2D eigenvalue weighted by molar-refractivity contribution is 6.20. The highest BCUT2D eigenvalue weighted by Gasteiger charge is 2.32. The van der Waals surface area contributed by atoms with Crippen LogP contribution in [0.1, 0.15) is 50.9 Å². The molecule has 0 N–H and O–H groups in total. The fourth-order valence-corrected chi connectivity index (χ4v) is 1.97. The van der Waals surface area contributed by atoms with E-state index in [9.17, 15) is 10.1 Å². The van der Waals surface area contributed by atoms with Gasteiger partial charge in [-0.25, -0.2) is 0 Å². The lowest BCUT2D eigenvalue weighted by molar-refractivity contribution is -0.386. The van der Waals surface area contributed by atoms with E-state index in [4.69, 9.17) is 11.6 Å². The smallest absolute Gasteiger partial charge is 0.265 e. The van der Waals surface area contributed by atoms with Crippen molar-refractivity contribution < 1.29 is 4.92 Å². The zero-order valence-corrected chi connectivity index (χ0v) is 11.5. The molecule has 1 aromatic rings. The molecule has 0 aliphatic rings. The topological polar surface area (TPSA) is 61.0 Å². The normalized spacial score (nSPS) is 15.0. The van der Waals surface area contributed by atoms with Crippen molar-refractivity contribution in [2.45, 2.75) is 44.9 Å². The highest BCUT2D eigenvalue weighted by Crippen LogP contribution is 2.35. The van der Waals surface area contributed by atoms with Gasteiger partial charge in [-0.3, -0.25) is 14.8 Å². The van der Waals surface area contributed by atoms with Gasteiger partial charge in [-0.1, -0.05) is 20.8 Å². The van der Waals surface area contributed by atoms with Crippen LogP contribution in [0.2, 0.25) is 0 Å². The molecular weight excluding hydrogens is 242 g/mol. The predicted molar refractivity (Wildman–Crippen MR) is 67.7 cm³/mol. The maximum atomic E-state index is 11.2. The summed E-state index contributed by atoms with van der Waals surface area (Å²) >= 11 is 6.04. The minimum absolute atomic E-state index is 0.0215. The zero-order chi connectivity index (χ0) is 13.3. The summed E-state index contributed by atoms with van der Waals surface area (Å²) in [4.78, 5) is 10.8. The van der Waals surface area contributed by atoms with E-state index in [1.807, 2.05) is 27.7 Å². The first-order valence-corrected chi connectivity index (χ1v) is 6.06. The first kappa shape index (κ1) is 14.0. The first-order chi connectivity index (χ1) is 7.77. The summed E-state index contributed by atoms with van der Waals surface area (Å²) < 4.78 is 1.58. The van der Waals surface area contributed by atoms with E-state index in [-0.39, 0.29) is 27.8 Å². The van der Waals surface area contributed by atoms with E-state index in [1.165, 1.54) is 0 Å². The monoisotopic (exact) mass is 259 g/mol. The molecule has 6 heteroatoms. The maximum absolute atomic E-state index is 11.2. The second kappa shape index (κ2) is 5.04. The van der Waals surface area contributed by atoms with E-state index in [2.05, 4.69) is 5.10 Å². The summed E-state index contributed by atoms with van der Waals surface area (Å²) in [5, 5.41) is 15.3. The molecule has 2 unspecified atom stereocenters. The molecule has 96 valence electrons. The van der Waals surface area contributed by atoms with Crippen molar-refractivity contribution >= 4 is 17.3 Å². The third-order valence-electron chi connectivity index (χ3n) is 2.94. The molecule has 1 heterocycles. The average molecular weight is 260 g/mol. The molecule has 1 rings (SSSR count). The first-order valence-electron chi connectivity index (χ1n) is 5.62. The van der Waals surface area contributed by atoms with Crippen molar-refractivity contribution in [3.8, 4) is 0 Å². The van der Waals surface area contributed by atoms with Gasteiger partial charge >= 0.3 is 5.69 Å². The summed E-state index contributed by atoms with van der Waals surface area (Å²) in [6, 6.07) is 0. The average Bonchev–Trinajstić information content (AvgIpc) is 2.54. The molecule has 0 bridgehead atoms. The van der Waals surface area contributed by atoms with Crippen molar-refractivity contribution in [3.05, 3.63) is 21.5 Å². The number of alkyl halides is 1. The van der Waals surface area contributed by atoms with Crippen LogP contribution in [0.5, 0.6) is 0 Å². The van der Waals surface area contributed by atoms with Crippen molar-refractivity contribution in [2.24, 2.45) is 7.05 Å². The van der Waals surface area contributed by atoms with E-state index in [1.54, 1.807) is 11.7 Å². The standard InChI is InChI=1S/C11H18ClN3O2/c1-6(2)9-11(15(16)17)10(14(5)13-9)7(3)8(4)12/h6-8H,1-5H3. The number of hydrogen-bond acceptors (Lipinski definition) is 3. The molecule has 2 atom stereocenters. The van der Waals surface area contributed by atoms with Gasteiger partial charge < -0.3 is 0 Å². The van der Waals surface area contributed by atoms with Crippen molar-refractivity contribution in [3.63, 3.8) is 0 Å². The van der Waals surface area contributed by atoms with Crippen LogP contribution in [0, 0.1) is 10.1 Å². The van der Waals surface area contributed by atoms with Gasteiger partial charge in [-0.15, -0.1) is 11.6 Å². The molecule has 0 aliphatic carbocycles. The molecule has 0 spiro atoms. The van der Waals surface area contributed by atoms with Gasteiger partial charge in [-0.05, 0) is 6.92 Å². The Morgan fingerprint density at radius 3 is 2.24 bits per heavy atom. The summed E-state index contributed by atoms with van der Waals surface area (Å²) in [7, 11) is 1.73. The molecule has 1 aromatic heterocycles.